The second-order valence-corrected chi connectivity index (χ2v) is 6.39. The second-order valence-electron chi connectivity index (χ2n) is 5.39. The molecule has 0 aromatic carbocycles. The predicted octanol–water partition coefficient (Wildman–Crippen LogP) is 1.64. The maximum atomic E-state index is 12.3. The van der Waals surface area contributed by atoms with Crippen LogP contribution in [0, 0.1) is 6.92 Å². The molecule has 2 aromatic heterocycles. The van der Waals surface area contributed by atoms with Crippen molar-refractivity contribution < 1.29 is 9.59 Å². The molecule has 0 bridgehead atoms. The molecule has 120 valence electrons. The van der Waals surface area contributed by atoms with Crippen LogP contribution in [0.15, 0.2) is 29.8 Å². The van der Waals surface area contributed by atoms with Crippen molar-refractivity contribution in [3.8, 4) is 0 Å². The lowest BCUT2D eigenvalue weighted by molar-refractivity contribution is -0.123. The number of aryl methyl sites for hydroxylation is 1. The molecule has 1 saturated heterocycles. The first-order valence-corrected chi connectivity index (χ1v) is 8.30. The van der Waals surface area contributed by atoms with Gasteiger partial charge in [0.25, 0.3) is 5.91 Å². The molecule has 2 amide bonds. The van der Waals surface area contributed by atoms with Gasteiger partial charge < -0.3 is 15.5 Å². The first kappa shape index (κ1) is 15.5. The highest BCUT2D eigenvalue weighted by Gasteiger charge is 2.22. The van der Waals surface area contributed by atoms with Crippen molar-refractivity contribution in [2.75, 3.05) is 25.0 Å². The molecule has 1 fully saturated rings. The molecule has 0 atom stereocenters. The van der Waals surface area contributed by atoms with Gasteiger partial charge in [0.05, 0.1) is 18.7 Å². The number of hydrogen-bond donors (Lipinski definition) is 2. The van der Waals surface area contributed by atoms with Crippen LogP contribution in [0.25, 0.3) is 0 Å². The molecule has 3 heterocycles. The van der Waals surface area contributed by atoms with Crippen LogP contribution >= 0.6 is 11.3 Å². The topological polar surface area (TPSA) is 74.3 Å². The van der Waals surface area contributed by atoms with E-state index in [0.717, 1.165) is 12.4 Å². The first-order valence-electron chi connectivity index (χ1n) is 7.42. The fourth-order valence-electron chi connectivity index (χ4n) is 2.38. The van der Waals surface area contributed by atoms with Crippen LogP contribution in [0.4, 0.5) is 5.82 Å². The normalized spacial score (nSPS) is 14.5. The summed E-state index contributed by atoms with van der Waals surface area (Å²) in [5.41, 5.74) is 1.76. The standard InChI is InChI=1S/C16H18N4O2S/c1-11-4-7-23-13(11)9-19-14-3-2-12(8-18-14)16(22)20-6-5-17-15(21)10-20/h2-4,7-8H,5-6,9-10H2,1H3,(H,17,21)(H,18,19). The van der Waals surface area contributed by atoms with Crippen LogP contribution in [-0.4, -0.2) is 41.3 Å². The zero-order valence-corrected chi connectivity index (χ0v) is 13.7. The molecule has 0 radical (unpaired) electrons. The largest absolute Gasteiger partial charge is 0.365 e. The van der Waals surface area contributed by atoms with E-state index in [0.29, 0.717) is 18.7 Å². The molecular formula is C16H18N4O2S. The number of pyridine rings is 1. The van der Waals surface area contributed by atoms with Gasteiger partial charge in [-0.25, -0.2) is 4.98 Å². The van der Waals surface area contributed by atoms with Gasteiger partial charge in [0.15, 0.2) is 0 Å². The summed E-state index contributed by atoms with van der Waals surface area (Å²) in [6.07, 6.45) is 1.55. The van der Waals surface area contributed by atoms with E-state index < -0.39 is 0 Å². The Balaban J connectivity index is 1.61. The molecule has 0 spiro atoms. The van der Waals surface area contributed by atoms with Gasteiger partial charge in [-0.3, -0.25) is 9.59 Å². The number of rotatable bonds is 4. The zero-order valence-electron chi connectivity index (χ0n) is 12.8. The van der Waals surface area contributed by atoms with E-state index in [-0.39, 0.29) is 18.4 Å². The van der Waals surface area contributed by atoms with Gasteiger partial charge >= 0.3 is 0 Å². The number of thiophene rings is 1. The van der Waals surface area contributed by atoms with Gasteiger partial charge in [-0.2, -0.15) is 0 Å². The molecule has 0 saturated carbocycles. The summed E-state index contributed by atoms with van der Waals surface area (Å²) < 4.78 is 0. The Morgan fingerprint density at radius 1 is 1.43 bits per heavy atom. The second kappa shape index (κ2) is 6.78. The van der Waals surface area contributed by atoms with Crippen molar-refractivity contribution in [3.05, 3.63) is 45.8 Å². The van der Waals surface area contributed by atoms with E-state index in [1.54, 1.807) is 29.7 Å². The Labute approximate surface area is 138 Å². The molecule has 0 aliphatic carbocycles. The Bertz CT molecular complexity index is 711. The number of carbonyl (C=O) groups is 2. The van der Waals surface area contributed by atoms with Gasteiger partial charge in [-0.1, -0.05) is 0 Å². The minimum Gasteiger partial charge on any atom is -0.365 e. The Kier molecular flexibility index (Phi) is 4.57. The van der Waals surface area contributed by atoms with E-state index in [9.17, 15) is 9.59 Å². The summed E-state index contributed by atoms with van der Waals surface area (Å²) in [5, 5.41) is 8.02. The summed E-state index contributed by atoms with van der Waals surface area (Å²) in [6.45, 7) is 3.93. The molecular weight excluding hydrogens is 312 g/mol. The molecule has 7 heteroatoms. The summed E-state index contributed by atoms with van der Waals surface area (Å²) >= 11 is 1.71. The van der Waals surface area contributed by atoms with Crippen molar-refractivity contribution in [1.82, 2.24) is 15.2 Å². The molecule has 0 unspecified atom stereocenters. The van der Waals surface area contributed by atoms with Crippen molar-refractivity contribution in [2.24, 2.45) is 0 Å². The lowest BCUT2D eigenvalue weighted by atomic mass is 10.2. The molecule has 1 aliphatic rings. The van der Waals surface area contributed by atoms with Gasteiger partial charge in [0, 0.05) is 24.2 Å². The lowest BCUT2D eigenvalue weighted by Gasteiger charge is -2.26. The average Bonchev–Trinajstić information content (AvgIpc) is 2.98. The van der Waals surface area contributed by atoms with Crippen molar-refractivity contribution in [3.63, 3.8) is 0 Å². The number of hydrogen-bond acceptors (Lipinski definition) is 5. The minimum atomic E-state index is -0.159. The van der Waals surface area contributed by atoms with E-state index in [2.05, 4.69) is 34.0 Å². The quantitative estimate of drug-likeness (QED) is 0.894. The number of amides is 2. The maximum Gasteiger partial charge on any atom is 0.255 e. The van der Waals surface area contributed by atoms with Crippen LogP contribution < -0.4 is 10.6 Å². The molecule has 3 rings (SSSR count). The number of aromatic nitrogens is 1. The van der Waals surface area contributed by atoms with E-state index in [1.165, 1.54) is 15.3 Å². The monoisotopic (exact) mass is 330 g/mol. The minimum absolute atomic E-state index is 0.108. The van der Waals surface area contributed by atoms with Crippen molar-refractivity contribution in [2.45, 2.75) is 13.5 Å². The van der Waals surface area contributed by atoms with Crippen LogP contribution in [0.5, 0.6) is 0 Å². The first-order chi connectivity index (χ1) is 11.1. The Morgan fingerprint density at radius 3 is 2.96 bits per heavy atom. The van der Waals surface area contributed by atoms with Crippen molar-refractivity contribution >= 4 is 29.0 Å². The number of nitrogens with zero attached hydrogens (tertiary/aromatic N) is 2. The van der Waals surface area contributed by atoms with E-state index in [4.69, 9.17) is 0 Å². The fraction of sp³-hybridized carbons (Fsp3) is 0.312. The summed E-state index contributed by atoms with van der Waals surface area (Å²) in [5.74, 6) is 0.445. The van der Waals surface area contributed by atoms with E-state index in [1.807, 2.05) is 0 Å². The number of piperazine rings is 1. The molecule has 2 aromatic rings. The zero-order chi connectivity index (χ0) is 16.2. The van der Waals surface area contributed by atoms with Gasteiger partial charge in [0.2, 0.25) is 5.91 Å². The number of nitrogens with one attached hydrogen (secondary N) is 2. The average molecular weight is 330 g/mol. The van der Waals surface area contributed by atoms with Crippen LogP contribution in [0.1, 0.15) is 20.8 Å². The SMILES string of the molecule is Cc1ccsc1CNc1ccc(C(=O)N2CCNC(=O)C2)cn1. The van der Waals surface area contributed by atoms with E-state index >= 15 is 0 Å². The van der Waals surface area contributed by atoms with Gasteiger partial charge in [-0.15, -0.1) is 11.3 Å². The fourth-order valence-corrected chi connectivity index (χ4v) is 3.22. The third kappa shape index (κ3) is 3.68. The number of carbonyl (C=O) groups excluding carboxylic acids is 2. The van der Waals surface area contributed by atoms with Gasteiger partial charge in [0.1, 0.15) is 5.82 Å². The number of anilines is 1. The van der Waals surface area contributed by atoms with Crippen LogP contribution in [0.3, 0.4) is 0 Å². The molecule has 1 aliphatic heterocycles. The molecule has 2 N–H and O–H groups in total. The summed E-state index contributed by atoms with van der Waals surface area (Å²) in [7, 11) is 0. The third-order valence-corrected chi connectivity index (χ3v) is 4.76. The Hall–Kier alpha value is -2.41. The van der Waals surface area contributed by atoms with Crippen LogP contribution in [0.2, 0.25) is 0 Å². The highest BCUT2D eigenvalue weighted by atomic mass is 32.1. The maximum absolute atomic E-state index is 12.3. The predicted molar refractivity (Wildman–Crippen MR) is 89.5 cm³/mol. The lowest BCUT2D eigenvalue weighted by Crippen LogP contribution is -2.49. The summed E-state index contributed by atoms with van der Waals surface area (Å²) in [4.78, 5) is 30.8. The third-order valence-electron chi connectivity index (χ3n) is 3.73. The van der Waals surface area contributed by atoms with Crippen LogP contribution in [-0.2, 0) is 11.3 Å². The van der Waals surface area contributed by atoms with Crippen molar-refractivity contribution in [1.29, 1.82) is 0 Å². The summed E-state index contributed by atoms with van der Waals surface area (Å²) in [6, 6.07) is 5.62. The van der Waals surface area contributed by atoms with Gasteiger partial charge in [-0.05, 0) is 36.1 Å². The smallest absolute Gasteiger partial charge is 0.255 e. The highest BCUT2D eigenvalue weighted by molar-refractivity contribution is 7.10. The highest BCUT2D eigenvalue weighted by Crippen LogP contribution is 2.17. The molecule has 6 nitrogen and oxygen atoms in total. The molecule has 23 heavy (non-hydrogen) atoms. The Morgan fingerprint density at radius 2 is 2.30 bits per heavy atom.